The van der Waals surface area contributed by atoms with E-state index in [1.54, 1.807) is 0 Å². The normalized spacial score (nSPS) is 19.7. The molecule has 3 unspecified atom stereocenters. The van der Waals surface area contributed by atoms with Crippen LogP contribution in [0.4, 0.5) is 0 Å². The van der Waals surface area contributed by atoms with Crippen molar-refractivity contribution in [3.63, 3.8) is 0 Å². The van der Waals surface area contributed by atoms with Crippen molar-refractivity contribution in [1.82, 2.24) is 0 Å². The summed E-state index contributed by atoms with van der Waals surface area (Å²) in [4.78, 5) is 25.3. The summed E-state index contributed by atoms with van der Waals surface area (Å²) in [5, 5.41) is 0. The minimum atomic E-state index is -0.799. The molecule has 0 aliphatic carbocycles. The third-order valence-corrected chi connectivity index (χ3v) is 5.33. The third kappa shape index (κ3) is 5.80. The van der Waals surface area contributed by atoms with Gasteiger partial charge < -0.3 is 14.2 Å². The molecule has 0 spiro atoms. The van der Waals surface area contributed by atoms with Gasteiger partial charge in [0.05, 0.1) is 24.5 Å². The SMILES string of the molecule is CCC(CC(C)(CC(C)(C)C(=O)OCC1CO1)C(=O)OC)c1ccccc1. The monoisotopic (exact) mass is 376 g/mol. The van der Waals surface area contributed by atoms with E-state index in [0.29, 0.717) is 19.4 Å². The molecule has 3 atom stereocenters. The number of ether oxygens (including phenoxy) is 3. The van der Waals surface area contributed by atoms with Gasteiger partial charge in [0.15, 0.2) is 0 Å². The predicted octanol–water partition coefficient (Wildman–Crippen LogP) is 4.11. The van der Waals surface area contributed by atoms with Crippen LogP contribution in [0.25, 0.3) is 0 Å². The molecule has 0 bridgehead atoms. The van der Waals surface area contributed by atoms with Crippen LogP contribution in [-0.2, 0) is 23.8 Å². The summed E-state index contributed by atoms with van der Waals surface area (Å²) >= 11 is 0. The van der Waals surface area contributed by atoms with E-state index in [1.165, 1.54) is 12.7 Å². The summed E-state index contributed by atoms with van der Waals surface area (Å²) in [6, 6.07) is 10.2. The number of rotatable bonds is 10. The molecule has 27 heavy (non-hydrogen) atoms. The zero-order valence-electron chi connectivity index (χ0n) is 17.1. The van der Waals surface area contributed by atoms with Crippen LogP contribution in [0.3, 0.4) is 0 Å². The molecule has 0 amide bonds. The Labute approximate surface area is 162 Å². The number of carbonyl (C=O) groups excluding carboxylic acids is 2. The fourth-order valence-corrected chi connectivity index (χ4v) is 3.82. The lowest BCUT2D eigenvalue weighted by Crippen LogP contribution is -2.40. The molecule has 1 aliphatic rings. The van der Waals surface area contributed by atoms with Gasteiger partial charge in [-0.05, 0) is 51.5 Å². The molecule has 0 saturated carbocycles. The van der Waals surface area contributed by atoms with Crippen molar-refractivity contribution >= 4 is 11.9 Å². The highest BCUT2D eigenvalue weighted by molar-refractivity contribution is 5.80. The van der Waals surface area contributed by atoms with Gasteiger partial charge in [0.1, 0.15) is 12.7 Å². The lowest BCUT2D eigenvalue weighted by molar-refractivity contribution is -0.162. The van der Waals surface area contributed by atoms with E-state index < -0.39 is 10.8 Å². The second-order valence-corrected chi connectivity index (χ2v) is 8.39. The van der Waals surface area contributed by atoms with Crippen molar-refractivity contribution in [3.8, 4) is 0 Å². The van der Waals surface area contributed by atoms with Crippen molar-refractivity contribution in [3.05, 3.63) is 35.9 Å². The number of esters is 2. The zero-order valence-corrected chi connectivity index (χ0v) is 17.1. The van der Waals surface area contributed by atoms with E-state index >= 15 is 0 Å². The first-order valence-electron chi connectivity index (χ1n) is 9.64. The second-order valence-electron chi connectivity index (χ2n) is 8.39. The number of hydrogen-bond acceptors (Lipinski definition) is 5. The maximum atomic E-state index is 12.7. The van der Waals surface area contributed by atoms with Gasteiger partial charge in [-0.25, -0.2) is 0 Å². The summed E-state index contributed by atoms with van der Waals surface area (Å²) < 4.78 is 15.6. The van der Waals surface area contributed by atoms with Crippen molar-refractivity contribution in [1.29, 1.82) is 0 Å². The average Bonchev–Trinajstić information content (AvgIpc) is 3.48. The van der Waals surface area contributed by atoms with Crippen molar-refractivity contribution in [2.24, 2.45) is 10.8 Å². The van der Waals surface area contributed by atoms with E-state index in [1.807, 2.05) is 39.0 Å². The van der Waals surface area contributed by atoms with Crippen LogP contribution < -0.4 is 0 Å². The largest absolute Gasteiger partial charge is 0.469 e. The number of hydrogen-bond donors (Lipinski definition) is 0. The van der Waals surface area contributed by atoms with Crippen LogP contribution in [0.1, 0.15) is 58.4 Å². The van der Waals surface area contributed by atoms with Crippen molar-refractivity contribution in [2.75, 3.05) is 20.3 Å². The maximum absolute atomic E-state index is 12.7. The van der Waals surface area contributed by atoms with Gasteiger partial charge in [0, 0.05) is 0 Å². The summed E-state index contributed by atoms with van der Waals surface area (Å²) in [7, 11) is 1.40. The molecule has 2 rings (SSSR count). The molecule has 1 aliphatic heterocycles. The average molecular weight is 376 g/mol. The lowest BCUT2D eigenvalue weighted by atomic mass is 9.68. The Hall–Kier alpha value is -1.88. The van der Waals surface area contributed by atoms with Gasteiger partial charge >= 0.3 is 11.9 Å². The van der Waals surface area contributed by atoms with Gasteiger partial charge in [0.2, 0.25) is 0 Å². The lowest BCUT2D eigenvalue weighted by Gasteiger charge is -2.36. The van der Waals surface area contributed by atoms with Crippen molar-refractivity contribution < 1.29 is 23.8 Å². The summed E-state index contributed by atoms with van der Waals surface area (Å²) in [5.41, 5.74) is -0.391. The van der Waals surface area contributed by atoms with Gasteiger partial charge in [-0.3, -0.25) is 9.59 Å². The summed E-state index contributed by atoms with van der Waals surface area (Å²) in [5.74, 6) is -0.383. The second kappa shape index (κ2) is 8.87. The minimum Gasteiger partial charge on any atom is -0.469 e. The fourth-order valence-electron chi connectivity index (χ4n) is 3.82. The van der Waals surface area contributed by atoms with Crippen LogP contribution >= 0.6 is 0 Å². The molecule has 1 aromatic carbocycles. The van der Waals surface area contributed by atoms with E-state index in [-0.39, 0.29) is 30.6 Å². The molecule has 1 aromatic rings. The number of methoxy groups -OCH3 is 1. The topological polar surface area (TPSA) is 65.1 Å². The highest BCUT2D eigenvalue weighted by Gasteiger charge is 2.45. The van der Waals surface area contributed by atoms with Crippen LogP contribution in [0.15, 0.2) is 30.3 Å². The molecule has 0 aromatic heterocycles. The van der Waals surface area contributed by atoms with Crippen LogP contribution in [-0.4, -0.2) is 38.4 Å². The van der Waals surface area contributed by atoms with Gasteiger partial charge in [0.25, 0.3) is 0 Å². The van der Waals surface area contributed by atoms with E-state index in [9.17, 15) is 9.59 Å². The Balaban J connectivity index is 2.15. The highest BCUT2D eigenvalue weighted by atomic mass is 16.6. The Morgan fingerprint density at radius 3 is 2.33 bits per heavy atom. The first kappa shape index (κ1) is 21.4. The Bertz CT molecular complexity index is 635. The van der Waals surface area contributed by atoms with Gasteiger partial charge in [-0.15, -0.1) is 0 Å². The molecular weight excluding hydrogens is 344 g/mol. The Morgan fingerprint density at radius 2 is 1.81 bits per heavy atom. The smallest absolute Gasteiger partial charge is 0.311 e. The molecule has 0 radical (unpaired) electrons. The quantitative estimate of drug-likeness (QED) is 0.454. The van der Waals surface area contributed by atoms with E-state index in [0.717, 1.165) is 6.42 Å². The van der Waals surface area contributed by atoms with E-state index in [4.69, 9.17) is 14.2 Å². The summed E-state index contributed by atoms with van der Waals surface area (Å²) in [6.07, 6.45) is 1.91. The van der Waals surface area contributed by atoms with Crippen molar-refractivity contribution in [2.45, 2.75) is 59.0 Å². The van der Waals surface area contributed by atoms with Crippen LogP contribution in [0.2, 0.25) is 0 Å². The molecular formula is C22H32O5. The first-order valence-corrected chi connectivity index (χ1v) is 9.64. The Kier molecular flexibility index (Phi) is 7.04. The maximum Gasteiger partial charge on any atom is 0.311 e. The zero-order chi connectivity index (χ0) is 20.1. The number of benzene rings is 1. The molecule has 5 heteroatoms. The fraction of sp³-hybridized carbons (Fsp3) is 0.636. The molecule has 1 saturated heterocycles. The Morgan fingerprint density at radius 1 is 1.19 bits per heavy atom. The van der Waals surface area contributed by atoms with E-state index in [2.05, 4.69) is 19.1 Å². The van der Waals surface area contributed by atoms with Crippen LogP contribution in [0.5, 0.6) is 0 Å². The standard InChI is InChI=1S/C22H32O5/c1-6-16(17-10-8-7-9-11-17)12-22(4,20(24)25-5)15-21(2,3)19(23)27-14-18-13-26-18/h7-11,16,18H,6,12-15H2,1-5H3. The summed E-state index contributed by atoms with van der Waals surface area (Å²) in [6.45, 7) is 8.58. The predicted molar refractivity (Wildman–Crippen MR) is 103 cm³/mol. The highest BCUT2D eigenvalue weighted by Crippen LogP contribution is 2.43. The molecule has 0 N–H and O–H groups in total. The third-order valence-electron chi connectivity index (χ3n) is 5.33. The minimum absolute atomic E-state index is 0.0271. The molecule has 150 valence electrons. The molecule has 1 fully saturated rings. The number of epoxide rings is 1. The van der Waals surface area contributed by atoms with Gasteiger partial charge in [-0.1, -0.05) is 37.3 Å². The molecule has 5 nitrogen and oxygen atoms in total. The molecule has 1 heterocycles. The van der Waals surface area contributed by atoms with Crippen LogP contribution in [0, 0.1) is 10.8 Å². The first-order chi connectivity index (χ1) is 12.7. The number of carbonyl (C=O) groups is 2. The van der Waals surface area contributed by atoms with Gasteiger partial charge in [-0.2, -0.15) is 0 Å².